The second-order valence-corrected chi connectivity index (χ2v) is 6.82. The molecule has 2 aromatic carbocycles. The number of carbonyl (C=O) groups is 1. The predicted octanol–water partition coefficient (Wildman–Crippen LogP) is 3.17. The Balaban J connectivity index is 1.48. The average Bonchev–Trinajstić information content (AvgIpc) is 2.79. The minimum absolute atomic E-state index is 0.0669. The first-order chi connectivity index (χ1) is 12.7. The third-order valence-electron chi connectivity index (χ3n) is 4.68. The van der Waals surface area contributed by atoms with E-state index < -0.39 is 0 Å². The molecule has 4 rings (SSSR count). The number of carbonyl (C=O) groups excluding carboxylic acids is 1. The highest BCUT2D eigenvalue weighted by Crippen LogP contribution is 2.32. The Morgan fingerprint density at radius 2 is 1.92 bits per heavy atom. The second-order valence-electron chi connectivity index (χ2n) is 6.38. The topological polar surface area (TPSA) is 48.0 Å². The second kappa shape index (κ2) is 7.66. The molecule has 0 saturated carbocycles. The van der Waals surface area contributed by atoms with E-state index in [9.17, 15) is 4.79 Å². The lowest BCUT2D eigenvalue weighted by atomic mass is 9.99. The van der Waals surface area contributed by atoms with Crippen LogP contribution in [0.25, 0.3) is 0 Å². The van der Waals surface area contributed by atoms with Crippen molar-refractivity contribution in [3.8, 4) is 11.5 Å². The normalized spacial score (nSPS) is 17.0. The molecule has 0 N–H and O–H groups in total. The van der Waals surface area contributed by atoms with Gasteiger partial charge in [-0.05, 0) is 30.3 Å². The lowest BCUT2D eigenvalue weighted by Gasteiger charge is -2.26. The summed E-state index contributed by atoms with van der Waals surface area (Å²) in [5.74, 6) is 1.15. The lowest BCUT2D eigenvalue weighted by Crippen LogP contribution is -2.38. The molecule has 0 aromatic heterocycles. The maximum atomic E-state index is 12.9. The zero-order chi connectivity index (χ0) is 17.9. The van der Waals surface area contributed by atoms with Crippen LogP contribution in [0, 0.1) is 0 Å². The van der Waals surface area contributed by atoms with E-state index in [1.807, 2.05) is 18.2 Å². The Hall–Kier alpha value is -2.08. The number of nitrogens with zero attached hydrogens (tertiary/aromatic N) is 1. The standard InChI is InChI=1S/C20H20ClNO4/c21-15-2-4-17-19(11-15)26-13-14-1-3-16(12-18(14)20(17)23)25-10-7-22-5-8-24-9-6-22/h1-4,11-12H,5-10,13H2. The molecule has 1 saturated heterocycles. The number of halogens is 1. The van der Waals surface area contributed by atoms with Crippen molar-refractivity contribution in [3.63, 3.8) is 0 Å². The summed E-state index contributed by atoms with van der Waals surface area (Å²) in [4.78, 5) is 15.2. The van der Waals surface area contributed by atoms with Crippen LogP contribution in [0.3, 0.4) is 0 Å². The first kappa shape index (κ1) is 17.3. The quantitative estimate of drug-likeness (QED) is 0.823. The number of hydrogen-bond acceptors (Lipinski definition) is 5. The summed E-state index contributed by atoms with van der Waals surface area (Å²) < 4.78 is 17.0. The molecule has 0 spiro atoms. The Labute approximate surface area is 157 Å². The molecular weight excluding hydrogens is 354 g/mol. The molecule has 1 fully saturated rings. The Morgan fingerprint density at radius 3 is 2.77 bits per heavy atom. The van der Waals surface area contributed by atoms with E-state index in [4.69, 9.17) is 25.8 Å². The molecule has 0 atom stereocenters. The first-order valence-electron chi connectivity index (χ1n) is 8.73. The number of benzene rings is 2. The van der Waals surface area contributed by atoms with Crippen LogP contribution < -0.4 is 9.47 Å². The van der Waals surface area contributed by atoms with Gasteiger partial charge in [0.15, 0.2) is 5.78 Å². The van der Waals surface area contributed by atoms with Crippen LogP contribution in [0.5, 0.6) is 11.5 Å². The fraction of sp³-hybridized carbons (Fsp3) is 0.350. The van der Waals surface area contributed by atoms with Gasteiger partial charge in [0.05, 0.1) is 18.8 Å². The summed E-state index contributed by atoms with van der Waals surface area (Å²) in [6, 6.07) is 10.7. The highest BCUT2D eigenvalue weighted by Gasteiger charge is 2.23. The third-order valence-corrected chi connectivity index (χ3v) is 4.91. The molecule has 0 amide bonds. The Bertz CT molecular complexity index is 817. The molecule has 26 heavy (non-hydrogen) atoms. The van der Waals surface area contributed by atoms with Gasteiger partial charge in [0.25, 0.3) is 0 Å². The minimum atomic E-state index is -0.0669. The van der Waals surface area contributed by atoms with Crippen LogP contribution in [-0.4, -0.2) is 50.1 Å². The molecule has 2 aromatic rings. The van der Waals surface area contributed by atoms with Gasteiger partial charge in [0.2, 0.25) is 0 Å². The van der Waals surface area contributed by atoms with E-state index in [1.54, 1.807) is 18.2 Å². The van der Waals surface area contributed by atoms with Crippen molar-refractivity contribution in [2.24, 2.45) is 0 Å². The number of morpholine rings is 1. The molecule has 2 aliphatic heterocycles. The summed E-state index contributed by atoms with van der Waals surface area (Å²) in [5, 5.41) is 0.551. The van der Waals surface area contributed by atoms with Gasteiger partial charge in [-0.2, -0.15) is 0 Å². The van der Waals surface area contributed by atoms with Crippen LogP contribution in [0.4, 0.5) is 0 Å². The molecule has 0 bridgehead atoms. The van der Waals surface area contributed by atoms with Crippen LogP contribution in [0.1, 0.15) is 21.5 Å². The first-order valence-corrected chi connectivity index (χ1v) is 9.11. The molecule has 2 aliphatic rings. The molecule has 2 heterocycles. The van der Waals surface area contributed by atoms with Gasteiger partial charge in [-0.1, -0.05) is 17.7 Å². The number of fused-ring (bicyclic) bond motifs is 2. The number of ether oxygens (including phenoxy) is 3. The van der Waals surface area contributed by atoms with E-state index in [-0.39, 0.29) is 5.78 Å². The lowest BCUT2D eigenvalue weighted by molar-refractivity contribution is 0.0322. The largest absolute Gasteiger partial charge is 0.492 e. The maximum absolute atomic E-state index is 12.9. The number of rotatable bonds is 4. The number of hydrogen-bond donors (Lipinski definition) is 0. The van der Waals surface area contributed by atoms with Crippen molar-refractivity contribution in [3.05, 3.63) is 58.1 Å². The van der Waals surface area contributed by atoms with E-state index in [0.717, 1.165) is 38.4 Å². The predicted molar refractivity (Wildman–Crippen MR) is 98.4 cm³/mol. The fourth-order valence-electron chi connectivity index (χ4n) is 3.20. The molecule has 6 heteroatoms. The van der Waals surface area contributed by atoms with Crippen LogP contribution in [-0.2, 0) is 11.3 Å². The fourth-order valence-corrected chi connectivity index (χ4v) is 3.37. The van der Waals surface area contributed by atoms with Crippen molar-refractivity contribution in [1.29, 1.82) is 0 Å². The Morgan fingerprint density at radius 1 is 1.08 bits per heavy atom. The van der Waals surface area contributed by atoms with E-state index in [1.165, 1.54) is 0 Å². The van der Waals surface area contributed by atoms with Gasteiger partial charge in [-0.15, -0.1) is 0 Å². The van der Waals surface area contributed by atoms with Crippen molar-refractivity contribution < 1.29 is 19.0 Å². The van der Waals surface area contributed by atoms with Crippen molar-refractivity contribution in [2.75, 3.05) is 39.5 Å². The highest BCUT2D eigenvalue weighted by molar-refractivity contribution is 6.31. The molecular formula is C20H20ClNO4. The zero-order valence-electron chi connectivity index (χ0n) is 14.4. The van der Waals surface area contributed by atoms with E-state index in [2.05, 4.69) is 4.90 Å². The summed E-state index contributed by atoms with van der Waals surface area (Å²) in [5.41, 5.74) is 2.00. The SMILES string of the molecule is O=C1c2cc(OCCN3CCOCC3)ccc2COc2cc(Cl)ccc21. The molecule has 136 valence electrons. The summed E-state index contributed by atoms with van der Waals surface area (Å²) in [7, 11) is 0. The smallest absolute Gasteiger partial charge is 0.197 e. The number of ketones is 1. The zero-order valence-corrected chi connectivity index (χ0v) is 15.1. The van der Waals surface area contributed by atoms with Gasteiger partial charge < -0.3 is 14.2 Å². The van der Waals surface area contributed by atoms with Crippen LogP contribution in [0.15, 0.2) is 36.4 Å². The van der Waals surface area contributed by atoms with Crippen molar-refractivity contribution in [2.45, 2.75) is 6.61 Å². The summed E-state index contributed by atoms with van der Waals surface area (Å²) in [6.07, 6.45) is 0. The van der Waals surface area contributed by atoms with Crippen molar-refractivity contribution >= 4 is 17.4 Å². The van der Waals surface area contributed by atoms with E-state index >= 15 is 0 Å². The third kappa shape index (κ3) is 3.70. The van der Waals surface area contributed by atoms with Gasteiger partial charge >= 0.3 is 0 Å². The van der Waals surface area contributed by atoms with Gasteiger partial charge in [0, 0.05) is 35.8 Å². The highest BCUT2D eigenvalue weighted by atomic mass is 35.5. The molecule has 0 unspecified atom stereocenters. The van der Waals surface area contributed by atoms with Crippen LogP contribution >= 0.6 is 11.6 Å². The van der Waals surface area contributed by atoms with E-state index in [0.29, 0.717) is 40.9 Å². The van der Waals surface area contributed by atoms with Crippen LogP contribution in [0.2, 0.25) is 5.02 Å². The minimum Gasteiger partial charge on any atom is -0.492 e. The van der Waals surface area contributed by atoms with Gasteiger partial charge in [0.1, 0.15) is 24.7 Å². The maximum Gasteiger partial charge on any atom is 0.197 e. The van der Waals surface area contributed by atoms with Gasteiger partial charge in [-0.3, -0.25) is 9.69 Å². The van der Waals surface area contributed by atoms with Gasteiger partial charge in [-0.25, -0.2) is 0 Å². The average molecular weight is 374 g/mol. The Kier molecular flexibility index (Phi) is 5.11. The molecule has 0 aliphatic carbocycles. The summed E-state index contributed by atoms with van der Waals surface area (Å²) in [6.45, 7) is 5.18. The monoisotopic (exact) mass is 373 g/mol. The molecule has 0 radical (unpaired) electrons. The van der Waals surface area contributed by atoms with Crippen molar-refractivity contribution in [1.82, 2.24) is 4.90 Å². The summed E-state index contributed by atoms with van der Waals surface area (Å²) >= 11 is 6.01. The molecule has 5 nitrogen and oxygen atoms in total.